The summed E-state index contributed by atoms with van der Waals surface area (Å²) in [5.41, 5.74) is 0.554. The molecule has 2 N–H and O–H groups in total. The van der Waals surface area contributed by atoms with E-state index in [-0.39, 0.29) is 12.0 Å². The zero-order valence-electron chi connectivity index (χ0n) is 17.1. The van der Waals surface area contributed by atoms with Gasteiger partial charge in [-0.1, -0.05) is 23.9 Å². The summed E-state index contributed by atoms with van der Waals surface area (Å²) >= 11 is 1.62. The largest absolute Gasteiger partial charge is 0.494 e. The molecule has 1 aromatic carbocycles. The number of hydrogen-bond acceptors (Lipinski definition) is 8. The predicted octanol–water partition coefficient (Wildman–Crippen LogP) is 3.13. The van der Waals surface area contributed by atoms with Crippen molar-refractivity contribution in [3.63, 3.8) is 0 Å². The molecule has 2 rings (SSSR count). The highest BCUT2D eigenvalue weighted by atomic mass is 32.2. The van der Waals surface area contributed by atoms with E-state index in [0.717, 1.165) is 16.7 Å². The van der Waals surface area contributed by atoms with Crippen LogP contribution in [0.2, 0.25) is 0 Å². The first kappa shape index (κ1) is 23.4. The molecule has 1 aromatic rings. The first-order valence-electron chi connectivity index (χ1n) is 9.18. The molecule has 0 bridgehead atoms. The molecular weight excluding hydrogens is 416 g/mol. The van der Waals surface area contributed by atoms with Crippen LogP contribution < -0.4 is 15.4 Å². The average Bonchev–Trinajstić information content (AvgIpc) is 3.07. The van der Waals surface area contributed by atoms with E-state index < -0.39 is 21.8 Å². The van der Waals surface area contributed by atoms with Crippen LogP contribution in [0.15, 0.2) is 35.4 Å². The molecule has 0 saturated heterocycles. The molecule has 162 valence electrons. The minimum Gasteiger partial charge on any atom is -0.494 e. The van der Waals surface area contributed by atoms with Crippen LogP contribution in [-0.4, -0.2) is 46.1 Å². The van der Waals surface area contributed by atoms with E-state index in [0.29, 0.717) is 25.3 Å². The first-order chi connectivity index (χ1) is 13.5. The Labute approximate surface area is 176 Å². The molecule has 29 heavy (non-hydrogen) atoms. The Kier molecular flexibility index (Phi) is 8.23. The molecule has 8 nitrogen and oxygen atoms in total. The first-order valence-corrected chi connectivity index (χ1v) is 11.9. The summed E-state index contributed by atoms with van der Waals surface area (Å²) in [6.45, 7) is 6.35. The minimum atomic E-state index is -3.41. The second kappa shape index (κ2) is 10.2. The van der Waals surface area contributed by atoms with E-state index in [1.54, 1.807) is 11.8 Å². The van der Waals surface area contributed by atoms with Gasteiger partial charge in [-0.15, -0.1) is 0 Å². The minimum absolute atomic E-state index is 0.0580. The van der Waals surface area contributed by atoms with Crippen LogP contribution in [-0.2, 0) is 19.0 Å². The van der Waals surface area contributed by atoms with Gasteiger partial charge in [0.2, 0.25) is 0 Å². The van der Waals surface area contributed by atoms with Crippen LogP contribution in [0.5, 0.6) is 5.75 Å². The summed E-state index contributed by atoms with van der Waals surface area (Å²) in [5.74, 6) is 0.705. The maximum absolute atomic E-state index is 11.7. The fraction of sp³-hybridized carbons (Fsp3) is 0.526. The van der Waals surface area contributed by atoms with Crippen LogP contribution in [0.3, 0.4) is 0 Å². The molecule has 0 radical (unpaired) electrons. The van der Waals surface area contributed by atoms with Gasteiger partial charge in [-0.05, 0) is 38.5 Å². The Bertz CT molecular complexity index is 816. The van der Waals surface area contributed by atoms with Crippen molar-refractivity contribution in [2.24, 2.45) is 0 Å². The lowest BCUT2D eigenvalue weighted by Crippen LogP contribution is -2.33. The van der Waals surface area contributed by atoms with E-state index in [2.05, 4.69) is 14.8 Å². The average molecular weight is 445 g/mol. The summed E-state index contributed by atoms with van der Waals surface area (Å²) in [6, 6.07) is 7.66. The number of nitrogens with one attached hydrogen (secondary N) is 2. The van der Waals surface area contributed by atoms with E-state index in [9.17, 15) is 13.2 Å². The van der Waals surface area contributed by atoms with Gasteiger partial charge in [-0.25, -0.2) is 4.79 Å². The number of benzene rings is 1. The van der Waals surface area contributed by atoms with Gasteiger partial charge < -0.3 is 20.1 Å². The number of rotatable bonds is 9. The van der Waals surface area contributed by atoms with Crippen molar-refractivity contribution in [1.82, 2.24) is 10.6 Å². The molecule has 1 amide bonds. The number of thioether (sulfide) groups is 1. The summed E-state index contributed by atoms with van der Waals surface area (Å²) in [5, 5.41) is 6.09. The van der Waals surface area contributed by atoms with Crippen molar-refractivity contribution in [3.8, 4) is 5.75 Å². The SMILES string of the molecule is CC(C)(C)OC(=O)NCC1=CNC(c2ccc(OCCCOS(C)(=O)=O)cc2)S1. The van der Waals surface area contributed by atoms with Crippen molar-refractivity contribution >= 4 is 28.0 Å². The Morgan fingerprint density at radius 3 is 2.52 bits per heavy atom. The van der Waals surface area contributed by atoms with Crippen LogP contribution >= 0.6 is 11.8 Å². The van der Waals surface area contributed by atoms with Gasteiger partial charge in [-0.3, -0.25) is 4.18 Å². The summed E-state index contributed by atoms with van der Waals surface area (Å²) in [6.07, 6.45) is 2.95. The maximum Gasteiger partial charge on any atom is 0.407 e. The molecule has 0 aliphatic carbocycles. The van der Waals surface area contributed by atoms with E-state index in [1.165, 1.54) is 0 Å². The summed E-state index contributed by atoms with van der Waals surface area (Å²) in [7, 11) is -3.41. The van der Waals surface area contributed by atoms with Gasteiger partial charge in [0.05, 0.1) is 26.0 Å². The molecular formula is C19H28N2O6S2. The third kappa shape index (κ3) is 9.42. The quantitative estimate of drug-likeness (QED) is 0.442. The fourth-order valence-electron chi connectivity index (χ4n) is 2.32. The van der Waals surface area contributed by atoms with Gasteiger partial charge in [0, 0.05) is 17.5 Å². The normalized spacial score (nSPS) is 16.7. The molecule has 1 unspecified atom stereocenters. The van der Waals surface area contributed by atoms with Crippen molar-refractivity contribution in [2.75, 3.05) is 26.0 Å². The molecule has 1 heterocycles. The van der Waals surface area contributed by atoms with Crippen LogP contribution in [0, 0.1) is 0 Å². The lowest BCUT2D eigenvalue weighted by atomic mass is 10.2. The highest BCUT2D eigenvalue weighted by molar-refractivity contribution is 8.03. The zero-order chi connectivity index (χ0) is 21.5. The van der Waals surface area contributed by atoms with Gasteiger partial charge >= 0.3 is 6.09 Å². The lowest BCUT2D eigenvalue weighted by Gasteiger charge is -2.19. The topological polar surface area (TPSA) is 103 Å². The fourth-order valence-corrected chi connectivity index (χ4v) is 3.76. The van der Waals surface area contributed by atoms with Crippen LogP contribution in [0.4, 0.5) is 4.79 Å². The van der Waals surface area contributed by atoms with Gasteiger partial charge in [-0.2, -0.15) is 8.42 Å². The number of hydrogen-bond donors (Lipinski definition) is 2. The Morgan fingerprint density at radius 1 is 1.21 bits per heavy atom. The number of amides is 1. The van der Waals surface area contributed by atoms with Crippen molar-refractivity contribution in [3.05, 3.63) is 40.9 Å². The second-order valence-corrected chi connectivity index (χ2v) is 10.3. The van der Waals surface area contributed by atoms with Gasteiger partial charge in [0.15, 0.2) is 0 Å². The second-order valence-electron chi connectivity index (χ2n) is 7.43. The van der Waals surface area contributed by atoms with E-state index in [4.69, 9.17) is 9.47 Å². The predicted molar refractivity (Wildman–Crippen MR) is 113 cm³/mol. The summed E-state index contributed by atoms with van der Waals surface area (Å²) < 4.78 is 37.2. The number of carbonyl (C=O) groups is 1. The number of carbonyl (C=O) groups excluding carboxylic acids is 1. The van der Waals surface area contributed by atoms with Crippen LogP contribution in [0.25, 0.3) is 0 Å². The number of alkyl carbamates (subject to hydrolysis) is 1. The molecule has 1 aliphatic rings. The third-order valence-electron chi connectivity index (χ3n) is 3.51. The highest BCUT2D eigenvalue weighted by Crippen LogP contribution is 2.37. The maximum atomic E-state index is 11.7. The smallest absolute Gasteiger partial charge is 0.407 e. The third-order valence-corrected chi connectivity index (χ3v) is 5.31. The lowest BCUT2D eigenvalue weighted by molar-refractivity contribution is 0.0533. The molecule has 10 heteroatoms. The van der Waals surface area contributed by atoms with Gasteiger partial charge in [0.25, 0.3) is 10.1 Å². The van der Waals surface area contributed by atoms with E-state index >= 15 is 0 Å². The molecule has 0 spiro atoms. The molecule has 0 saturated carbocycles. The monoisotopic (exact) mass is 444 g/mol. The standard InChI is InChI=1S/C19H28N2O6S2/c1-19(2,3)27-18(22)21-13-16-12-20-17(28-16)14-6-8-15(9-7-14)25-10-5-11-26-29(4,23)24/h6-9,12,17,20H,5,10-11,13H2,1-4H3,(H,21,22). The van der Waals surface area contributed by atoms with Crippen molar-refractivity contribution in [2.45, 2.75) is 38.2 Å². The summed E-state index contributed by atoms with van der Waals surface area (Å²) in [4.78, 5) is 12.7. The van der Waals surface area contributed by atoms with E-state index in [1.807, 2.05) is 51.2 Å². The van der Waals surface area contributed by atoms with Crippen molar-refractivity contribution < 1.29 is 26.9 Å². The van der Waals surface area contributed by atoms with Crippen molar-refractivity contribution in [1.29, 1.82) is 0 Å². The zero-order valence-corrected chi connectivity index (χ0v) is 18.7. The molecule has 1 aliphatic heterocycles. The molecule has 0 fully saturated rings. The Balaban J connectivity index is 1.71. The number of ether oxygens (including phenoxy) is 2. The van der Waals surface area contributed by atoms with Gasteiger partial charge in [0.1, 0.15) is 16.7 Å². The Morgan fingerprint density at radius 2 is 1.90 bits per heavy atom. The molecule has 1 atom stereocenters. The highest BCUT2D eigenvalue weighted by Gasteiger charge is 2.21. The van der Waals surface area contributed by atoms with Crippen LogP contribution in [0.1, 0.15) is 38.1 Å². The molecule has 0 aromatic heterocycles. The Hall–Kier alpha value is -1.91.